The first-order valence-electron chi connectivity index (χ1n) is 6.61. The first-order valence-corrected chi connectivity index (χ1v) is 7.49. The maximum absolute atomic E-state index is 12.2. The second kappa shape index (κ2) is 5.63. The van der Waals surface area contributed by atoms with Gasteiger partial charge in [0.15, 0.2) is 11.6 Å². The van der Waals surface area contributed by atoms with E-state index >= 15 is 0 Å². The molecule has 100 valence electrons. The predicted octanol–water partition coefficient (Wildman–Crippen LogP) is 4.01. The van der Waals surface area contributed by atoms with Crippen molar-refractivity contribution in [3.63, 3.8) is 0 Å². The Balaban J connectivity index is 1.75. The summed E-state index contributed by atoms with van der Waals surface area (Å²) in [6, 6.07) is 16.9. The minimum atomic E-state index is 0.0464. The zero-order chi connectivity index (χ0) is 13.9. The van der Waals surface area contributed by atoms with Crippen LogP contribution in [0.3, 0.4) is 0 Å². The van der Waals surface area contributed by atoms with Crippen molar-refractivity contribution in [3.8, 4) is 0 Å². The van der Waals surface area contributed by atoms with Crippen LogP contribution in [0.1, 0.15) is 33.6 Å². The van der Waals surface area contributed by atoms with Crippen LogP contribution in [0.4, 0.5) is 0 Å². The Morgan fingerprint density at radius 3 is 2.55 bits per heavy atom. The molecule has 1 aliphatic heterocycles. The number of ketones is 2. The molecule has 2 aromatic carbocycles. The number of hydrogen-bond acceptors (Lipinski definition) is 3. The number of fused-ring (bicyclic) bond motifs is 1. The van der Waals surface area contributed by atoms with Crippen molar-refractivity contribution < 1.29 is 9.59 Å². The molecule has 1 atom stereocenters. The summed E-state index contributed by atoms with van der Waals surface area (Å²) >= 11 is 1.64. The largest absolute Gasteiger partial charge is 0.294 e. The number of carbonyl (C=O) groups is 2. The minimum Gasteiger partial charge on any atom is -0.294 e. The topological polar surface area (TPSA) is 34.1 Å². The second-order valence-electron chi connectivity index (χ2n) is 4.86. The molecule has 1 unspecified atom stereocenters. The van der Waals surface area contributed by atoms with E-state index in [0.717, 1.165) is 16.0 Å². The van der Waals surface area contributed by atoms with Gasteiger partial charge in [-0.3, -0.25) is 9.59 Å². The van der Waals surface area contributed by atoms with Gasteiger partial charge in [0.25, 0.3) is 0 Å². The molecule has 0 spiro atoms. The van der Waals surface area contributed by atoms with Gasteiger partial charge in [-0.15, -0.1) is 11.8 Å². The lowest BCUT2D eigenvalue weighted by Crippen LogP contribution is -2.20. The van der Waals surface area contributed by atoms with Gasteiger partial charge in [0.05, 0.1) is 0 Å². The highest BCUT2D eigenvalue weighted by Gasteiger charge is 2.27. The Bertz CT molecular complexity index is 649. The van der Waals surface area contributed by atoms with Crippen LogP contribution >= 0.6 is 11.8 Å². The first-order chi connectivity index (χ1) is 9.74. The molecule has 0 aliphatic carbocycles. The van der Waals surface area contributed by atoms with Crippen molar-refractivity contribution >= 4 is 23.3 Å². The Morgan fingerprint density at radius 1 is 1.05 bits per heavy atom. The Morgan fingerprint density at radius 2 is 1.75 bits per heavy atom. The van der Waals surface area contributed by atoms with Gasteiger partial charge in [-0.05, 0) is 6.07 Å². The van der Waals surface area contributed by atoms with Gasteiger partial charge in [0.1, 0.15) is 0 Å². The molecule has 1 aliphatic rings. The molecule has 2 nitrogen and oxygen atoms in total. The molecule has 0 aromatic heterocycles. The molecule has 3 rings (SSSR count). The molecule has 2 aromatic rings. The van der Waals surface area contributed by atoms with E-state index in [2.05, 4.69) is 0 Å². The number of Topliss-reactive ketones (excluding diaryl/α,β-unsaturated/α-hetero) is 2. The van der Waals surface area contributed by atoms with Crippen LogP contribution in [0, 0.1) is 0 Å². The van der Waals surface area contributed by atoms with Gasteiger partial charge < -0.3 is 0 Å². The first kappa shape index (κ1) is 13.1. The Labute approximate surface area is 122 Å². The highest BCUT2D eigenvalue weighted by Crippen LogP contribution is 2.37. The monoisotopic (exact) mass is 282 g/mol. The number of rotatable bonds is 3. The molecular weight excluding hydrogens is 268 g/mol. The van der Waals surface area contributed by atoms with Crippen LogP contribution < -0.4 is 0 Å². The van der Waals surface area contributed by atoms with Crippen molar-refractivity contribution in [2.75, 3.05) is 0 Å². The summed E-state index contributed by atoms with van der Waals surface area (Å²) in [5, 5.41) is 0.0464. The number of hydrogen-bond donors (Lipinski definition) is 0. The summed E-state index contributed by atoms with van der Waals surface area (Å²) in [7, 11) is 0. The number of carbonyl (C=O) groups excluding carboxylic acids is 2. The molecule has 0 bridgehead atoms. The third kappa shape index (κ3) is 2.68. The SMILES string of the molecule is O=C(CC1CC(=O)c2ccccc2S1)c1ccccc1. The lowest BCUT2D eigenvalue weighted by molar-refractivity contribution is 0.0956. The highest BCUT2D eigenvalue weighted by atomic mass is 32.2. The van der Waals surface area contributed by atoms with Crippen LogP contribution in [0.5, 0.6) is 0 Å². The van der Waals surface area contributed by atoms with E-state index in [9.17, 15) is 9.59 Å². The predicted molar refractivity (Wildman–Crippen MR) is 80.4 cm³/mol. The molecule has 1 heterocycles. The smallest absolute Gasteiger partial charge is 0.165 e. The molecule has 3 heteroatoms. The Hall–Kier alpha value is -1.87. The average Bonchev–Trinajstić information content (AvgIpc) is 2.48. The Kier molecular flexibility index (Phi) is 3.70. The maximum Gasteiger partial charge on any atom is 0.165 e. The van der Waals surface area contributed by atoms with Crippen LogP contribution in [0.2, 0.25) is 0 Å². The third-order valence-corrected chi connectivity index (χ3v) is 4.68. The van der Waals surface area contributed by atoms with E-state index < -0.39 is 0 Å². The van der Waals surface area contributed by atoms with Crippen molar-refractivity contribution in [1.29, 1.82) is 0 Å². The fourth-order valence-electron chi connectivity index (χ4n) is 2.40. The summed E-state index contributed by atoms with van der Waals surface area (Å²) in [6.45, 7) is 0. The summed E-state index contributed by atoms with van der Waals surface area (Å²) in [5.74, 6) is 0.250. The molecular formula is C17H14O2S. The van der Waals surface area contributed by atoms with Crippen LogP contribution in [-0.2, 0) is 0 Å². The quantitative estimate of drug-likeness (QED) is 0.798. The van der Waals surface area contributed by atoms with E-state index in [1.54, 1.807) is 11.8 Å². The fourth-order valence-corrected chi connectivity index (χ4v) is 3.69. The lowest BCUT2D eigenvalue weighted by Gasteiger charge is -2.22. The molecule has 0 saturated carbocycles. The summed E-state index contributed by atoms with van der Waals surface area (Å²) in [6.07, 6.45) is 0.856. The number of benzene rings is 2. The molecule has 0 radical (unpaired) electrons. The summed E-state index contributed by atoms with van der Waals surface area (Å²) in [5.41, 5.74) is 1.51. The zero-order valence-corrected chi connectivity index (χ0v) is 11.7. The molecule has 0 N–H and O–H groups in total. The van der Waals surface area contributed by atoms with Crippen LogP contribution in [-0.4, -0.2) is 16.8 Å². The average molecular weight is 282 g/mol. The van der Waals surface area contributed by atoms with Gasteiger partial charge in [-0.1, -0.05) is 48.5 Å². The van der Waals surface area contributed by atoms with Crippen molar-refractivity contribution in [3.05, 3.63) is 65.7 Å². The van der Waals surface area contributed by atoms with Crippen molar-refractivity contribution in [2.45, 2.75) is 23.0 Å². The van der Waals surface area contributed by atoms with E-state index in [-0.39, 0.29) is 16.8 Å². The lowest BCUT2D eigenvalue weighted by atomic mass is 10.0. The van der Waals surface area contributed by atoms with Gasteiger partial charge in [0, 0.05) is 34.1 Å². The normalized spacial score (nSPS) is 17.6. The maximum atomic E-state index is 12.2. The summed E-state index contributed by atoms with van der Waals surface area (Å²) < 4.78 is 0. The molecule has 20 heavy (non-hydrogen) atoms. The van der Waals surface area contributed by atoms with Crippen LogP contribution in [0.15, 0.2) is 59.5 Å². The van der Waals surface area contributed by atoms with Crippen molar-refractivity contribution in [2.24, 2.45) is 0 Å². The van der Waals surface area contributed by atoms with Gasteiger partial charge in [-0.2, -0.15) is 0 Å². The minimum absolute atomic E-state index is 0.0464. The van der Waals surface area contributed by atoms with E-state index in [0.29, 0.717) is 12.8 Å². The zero-order valence-electron chi connectivity index (χ0n) is 10.9. The number of thioether (sulfide) groups is 1. The second-order valence-corrected chi connectivity index (χ2v) is 6.20. The van der Waals surface area contributed by atoms with Crippen molar-refractivity contribution in [1.82, 2.24) is 0 Å². The van der Waals surface area contributed by atoms with E-state index in [1.807, 2.05) is 54.6 Å². The van der Waals surface area contributed by atoms with E-state index in [4.69, 9.17) is 0 Å². The summed E-state index contributed by atoms with van der Waals surface area (Å²) in [4.78, 5) is 25.3. The fraction of sp³-hybridized carbons (Fsp3) is 0.176. The molecule has 0 saturated heterocycles. The molecule has 0 amide bonds. The highest BCUT2D eigenvalue weighted by molar-refractivity contribution is 8.00. The van der Waals surface area contributed by atoms with Gasteiger partial charge in [-0.25, -0.2) is 0 Å². The molecule has 0 fully saturated rings. The standard InChI is InChI=1S/C17H14O2S/c18-15(12-6-2-1-3-7-12)10-13-11-16(19)14-8-4-5-9-17(14)20-13/h1-9,13H,10-11H2. The third-order valence-electron chi connectivity index (χ3n) is 3.40. The van der Waals surface area contributed by atoms with E-state index in [1.165, 1.54) is 0 Å². The van der Waals surface area contributed by atoms with Gasteiger partial charge >= 0.3 is 0 Å². The van der Waals surface area contributed by atoms with Crippen LogP contribution in [0.25, 0.3) is 0 Å². The van der Waals surface area contributed by atoms with Gasteiger partial charge in [0.2, 0.25) is 0 Å².